The summed E-state index contributed by atoms with van der Waals surface area (Å²) in [5, 5.41) is 14.9. The topological polar surface area (TPSA) is 95.9 Å². The smallest absolute Gasteiger partial charge is 0.274 e. The minimum atomic E-state index is -0.115. The van der Waals surface area contributed by atoms with Crippen molar-refractivity contribution in [3.05, 3.63) is 34.4 Å². The fraction of sp³-hybridized carbons (Fsp3) is 0.600. The molecule has 1 aliphatic heterocycles. The zero-order chi connectivity index (χ0) is 19.3. The van der Waals surface area contributed by atoms with Crippen LogP contribution in [0.2, 0.25) is 0 Å². The molecule has 8 heteroatoms. The van der Waals surface area contributed by atoms with Gasteiger partial charge in [0.25, 0.3) is 11.8 Å². The standard InChI is InChI=1S/C20H26N6O2/c1-12-3-6-16-15(9-12)18(23-22-16)20(28)25-7-2-8-26-14(11-25)10-17(24-26)19(27)21-13-4-5-13/h10,12-13H,2-9,11H2,1H3,(H,21,27)(H,22,23)/t12-/m1/s1. The monoisotopic (exact) mass is 382 g/mol. The zero-order valence-corrected chi connectivity index (χ0v) is 16.2. The lowest BCUT2D eigenvalue weighted by molar-refractivity contribution is 0.0738. The number of amides is 2. The van der Waals surface area contributed by atoms with Gasteiger partial charge >= 0.3 is 0 Å². The van der Waals surface area contributed by atoms with E-state index in [0.717, 1.165) is 55.5 Å². The minimum absolute atomic E-state index is 0.0229. The zero-order valence-electron chi connectivity index (χ0n) is 16.2. The van der Waals surface area contributed by atoms with Crippen LogP contribution < -0.4 is 5.32 Å². The predicted molar refractivity (Wildman–Crippen MR) is 102 cm³/mol. The number of aryl methyl sites for hydroxylation is 2. The van der Waals surface area contributed by atoms with Crippen molar-refractivity contribution in [2.75, 3.05) is 6.54 Å². The van der Waals surface area contributed by atoms with Gasteiger partial charge in [-0.05, 0) is 50.5 Å². The molecule has 2 aromatic rings. The summed E-state index contributed by atoms with van der Waals surface area (Å²) >= 11 is 0. The molecule has 8 nitrogen and oxygen atoms in total. The number of carbonyl (C=O) groups excluding carboxylic acids is 2. The Labute approximate surface area is 163 Å². The third-order valence-electron chi connectivity index (χ3n) is 6.04. The summed E-state index contributed by atoms with van der Waals surface area (Å²) in [6, 6.07) is 2.13. The highest BCUT2D eigenvalue weighted by atomic mass is 16.2. The second-order valence-corrected chi connectivity index (χ2v) is 8.45. The lowest BCUT2D eigenvalue weighted by atomic mass is 9.87. The van der Waals surface area contributed by atoms with Crippen molar-refractivity contribution >= 4 is 11.8 Å². The molecular weight excluding hydrogens is 356 g/mol. The van der Waals surface area contributed by atoms with E-state index in [9.17, 15) is 9.59 Å². The molecule has 2 aliphatic carbocycles. The van der Waals surface area contributed by atoms with Crippen LogP contribution in [-0.2, 0) is 25.9 Å². The average molecular weight is 382 g/mol. The fourth-order valence-corrected chi connectivity index (χ4v) is 4.23. The van der Waals surface area contributed by atoms with Crippen molar-refractivity contribution in [3.63, 3.8) is 0 Å². The number of rotatable bonds is 3. The van der Waals surface area contributed by atoms with Gasteiger partial charge in [-0.1, -0.05) is 6.92 Å². The highest BCUT2D eigenvalue weighted by Crippen LogP contribution is 2.27. The molecule has 2 N–H and O–H groups in total. The molecule has 3 heterocycles. The summed E-state index contributed by atoms with van der Waals surface area (Å²) in [7, 11) is 0. The summed E-state index contributed by atoms with van der Waals surface area (Å²) in [6.45, 7) is 4.07. The van der Waals surface area contributed by atoms with Crippen LogP contribution in [0.15, 0.2) is 6.07 Å². The number of carbonyl (C=O) groups is 2. The first-order valence-electron chi connectivity index (χ1n) is 10.3. The van der Waals surface area contributed by atoms with E-state index in [-0.39, 0.29) is 11.8 Å². The Morgan fingerprint density at radius 2 is 2.11 bits per heavy atom. The van der Waals surface area contributed by atoms with Crippen molar-refractivity contribution in [3.8, 4) is 0 Å². The van der Waals surface area contributed by atoms with Crippen LogP contribution >= 0.6 is 0 Å². The number of hydrogen-bond donors (Lipinski definition) is 2. The van der Waals surface area contributed by atoms with E-state index in [4.69, 9.17) is 0 Å². The van der Waals surface area contributed by atoms with Gasteiger partial charge in [0.15, 0.2) is 11.4 Å². The van der Waals surface area contributed by atoms with Gasteiger partial charge in [0.2, 0.25) is 0 Å². The van der Waals surface area contributed by atoms with Crippen LogP contribution in [0.5, 0.6) is 0 Å². The highest BCUT2D eigenvalue weighted by molar-refractivity contribution is 5.94. The molecule has 0 bridgehead atoms. The third kappa shape index (κ3) is 3.21. The van der Waals surface area contributed by atoms with Gasteiger partial charge in [-0.15, -0.1) is 0 Å². The van der Waals surface area contributed by atoms with E-state index in [0.29, 0.717) is 43.0 Å². The van der Waals surface area contributed by atoms with Gasteiger partial charge in [0, 0.05) is 30.4 Å². The van der Waals surface area contributed by atoms with Gasteiger partial charge in [-0.3, -0.25) is 19.4 Å². The van der Waals surface area contributed by atoms with Crippen LogP contribution in [0.25, 0.3) is 0 Å². The minimum Gasteiger partial charge on any atom is -0.348 e. The number of nitrogens with one attached hydrogen (secondary N) is 2. The van der Waals surface area contributed by atoms with Crippen LogP contribution in [-0.4, -0.2) is 49.3 Å². The molecular formula is C20H26N6O2. The van der Waals surface area contributed by atoms with Crippen molar-refractivity contribution in [2.45, 2.75) is 64.6 Å². The van der Waals surface area contributed by atoms with Crippen molar-refractivity contribution in [1.82, 2.24) is 30.2 Å². The molecule has 0 aromatic carbocycles. The summed E-state index contributed by atoms with van der Waals surface area (Å²) < 4.78 is 1.87. The van der Waals surface area contributed by atoms with Crippen LogP contribution in [0.3, 0.4) is 0 Å². The number of fused-ring (bicyclic) bond motifs is 2. The molecule has 0 radical (unpaired) electrons. The summed E-state index contributed by atoms with van der Waals surface area (Å²) in [6.07, 6.45) is 5.92. The van der Waals surface area contributed by atoms with E-state index >= 15 is 0 Å². The van der Waals surface area contributed by atoms with Gasteiger partial charge in [0.05, 0.1) is 12.2 Å². The molecule has 28 heavy (non-hydrogen) atoms. The second kappa shape index (κ2) is 6.76. The molecule has 0 unspecified atom stereocenters. The fourth-order valence-electron chi connectivity index (χ4n) is 4.23. The molecule has 5 rings (SSSR count). The van der Waals surface area contributed by atoms with Crippen molar-refractivity contribution < 1.29 is 9.59 Å². The maximum Gasteiger partial charge on any atom is 0.274 e. The maximum atomic E-state index is 13.2. The van der Waals surface area contributed by atoms with Gasteiger partial charge in [-0.25, -0.2) is 0 Å². The van der Waals surface area contributed by atoms with E-state index in [1.807, 2.05) is 15.6 Å². The van der Waals surface area contributed by atoms with E-state index < -0.39 is 0 Å². The number of nitrogens with zero attached hydrogens (tertiary/aromatic N) is 4. The van der Waals surface area contributed by atoms with Crippen LogP contribution in [0.1, 0.15) is 70.5 Å². The Hall–Kier alpha value is -2.64. The number of aromatic nitrogens is 4. The van der Waals surface area contributed by atoms with Gasteiger partial charge < -0.3 is 10.2 Å². The Morgan fingerprint density at radius 1 is 1.25 bits per heavy atom. The lowest BCUT2D eigenvalue weighted by Crippen LogP contribution is -2.32. The quantitative estimate of drug-likeness (QED) is 0.844. The SMILES string of the molecule is C[C@@H]1CCc2[nH]nc(C(=O)N3CCCn4nc(C(=O)NC5CC5)cc4C3)c2C1. The Balaban J connectivity index is 1.36. The molecule has 0 saturated heterocycles. The second-order valence-electron chi connectivity index (χ2n) is 8.45. The first-order valence-corrected chi connectivity index (χ1v) is 10.3. The molecule has 1 fully saturated rings. The average Bonchev–Trinajstić information content (AvgIpc) is 3.32. The maximum absolute atomic E-state index is 13.2. The largest absolute Gasteiger partial charge is 0.348 e. The van der Waals surface area contributed by atoms with Crippen molar-refractivity contribution in [2.24, 2.45) is 5.92 Å². The molecule has 2 aromatic heterocycles. The van der Waals surface area contributed by atoms with E-state index in [1.54, 1.807) is 0 Å². The van der Waals surface area contributed by atoms with E-state index in [2.05, 4.69) is 27.5 Å². The normalized spacial score (nSPS) is 21.6. The van der Waals surface area contributed by atoms with Crippen molar-refractivity contribution in [1.29, 1.82) is 0 Å². The number of H-pyrrole nitrogens is 1. The Morgan fingerprint density at radius 3 is 2.93 bits per heavy atom. The molecule has 1 saturated carbocycles. The number of aromatic amines is 1. The van der Waals surface area contributed by atoms with Crippen LogP contribution in [0.4, 0.5) is 0 Å². The highest BCUT2D eigenvalue weighted by Gasteiger charge is 2.30. The Bertz CT molecular complexity index is 925. The first kappa shape index (κ1) is 17.5. The van der Waals surface area contributed by atoms with Crippen LogP contribution in [0, 0.1) is 5.92 Å². The summed E-state index contributed by atoms with van der Waals surface area (Å²) in [5.74, 6) is 0.441. The van der Waals surface area contributed by atoms with Gasteiger partial charge in [-0.2, -0.15) is 10.2 Å². The number of hydrogen-bond acceptors (Lipinski definition) is 4. The first-order chi connectivity index (χ1) is 13.6. The molecule has 2 amide bonds. The Kier molecular flexibility index (Phi) is 4.21. The molecule has 148 valence electrons. The van der Waals surface area contributed by atoms with Gasteiger partial charge in [0.1, 0.15) is 0 Å². The lowest BCUT2D eigenvalue weighted by Gasteiger charge is -2.22. The molecule has 1 atom stereocenters. The summed E-state index contributed by atoms with van der Waals surface area (Å²) in [5.41, 5.74) is 4.12. The molecule has 0 spiro atoms. The molecule has 3 aliphatic rings. The van der Waals surface area contributed by atoms with E-state index in [1.165, 1.54) is 0 Å². The predicted octanol–water partition coefficient (Wildman–Crippen LogP) is 1.67. The summed E-state index contributed by atoms with van der Waals surface area (Å²) in [4.78, 5) is 27.4. The third-order valence-corrected chi connectivity index (χ3v) is 6.04.